The zero-order valence-electron chi connectivity index (χ0n) is 14.5. The van der Waals surface area contributed by atoms with Crippen LogP contribution in [-0.2, 0) is 6.42 Å². The van der Waals surface area contributed by atoms with Gasteiger partial charge in [0.05, 0.1) is 25.0 Å². The molecule has 0 bridgehead atoms. The number of carbonyl (C=O) groups excluding carboxylic acids is 1. The molecule has 7 heteroatoms. The number of hydrogen-bond donors (Lipinski definition) is 0. The van der Waals surface area contributed by atoms with Gasteiger partial charge in [-0.2, -0.15) is 0 Å². The number of ether oxygens (including phenoxy) is 1. The van der Waals surface area contributed by atoms with Crippen molar-refractivity contribution >= 4 is 16.9 Å². The third kappa shape index (κ3) is 3.50. The van der Waals surface area contributed by atoms with Crippen LogP contribution in [0.5, 0.6) is 5.75 Å². The monoisotopic (exact) mass is 332 g/mol. The van der Waals surface area contributed by atoms with Gasteiger partial charge in [0.2, 0.25) is 0 Å². The molecule has 0 N–H and O–H groups in total. The van der Waals surface area contributed by atoms with Gasteiger partial charge in [-0.05, 0) is 26.5 Å². The number of hydrogen-bond acceptors (Lipinski definition) is 5. The molecule has 0 aliphatic heterocycles. The fourth-order valence-corrected chi connectivity index (χ4v) is 2.55. The Kier molecular flexibility index (Phi) is 5.74. The molecular weight excluding hydrogens is 315 g/mol. The summed E-state index contributed by atoms with van der Waals surface area (Å²) in [6.45, 7) is 5.70. The molecule has 3 rings (SSSR count). The Morgan fingerprint density at radius 3 is 2.67 bits per heavy atom. The molecule has 24 heavy (non-hydrogen) atoms. The maximum absolute atomic E-state index is 12.5. The summed E-state index contributed by atoms with van der Waals surface area (Å²) >= 11 is 0. The van der Waals surface area contributed by atoms with Crippen LogP contribution in [0.3, 0.4) is 0 Å². The number of aryl methyl sites for hydroxylation is 2. The van der Waals surface area contributed by atoms with Gasteiger partial charge in [0.15, 0.2) is 5.78 Å². The number of ketones is 1. The summed E-state index contributed by atoms with van der Waals surface area (Å²) < 4.78 is 5.37. The Morgan fingerprint density at radius 2 is 1.96 bits per heavy atom. The van der Waals surface area contributed by atoms with Gasteiger partial charge in [0.1, 0.15) is 5.75 Å². The SMILES string of the molecule is COc1c(C)cnc(CC(=O)c2nc3ccc(C)nc3[n-]2)c1C.[Na+]. The largest absolute Gasteiger partial charge is 1.00 e. The summed E-state index contributed by atoms with van der Waals surface area (Å²) in [5.74, 6) is 0.759. The Labute approximate surface area is 162 Å². The fraction of sp³-hybridized carbons (Fsp3) is 0.294. The van der Waals surface area contributed by atoms with Crippen molar-refractivity contribution in [2.24, 2.45) is 0 Å². The number of imidazole rings is 1. The van der Waals surface area contributed by atoms with Crippen LogP contribution in [0.4, 0.5) is 0 Å². The zero-order valence-corrected chi connectivity index (χ0v) is 16.5. The average molecular weight is 332 g/mol. The molecule has 0 spiro atoms. The molecular formula is C17H17N4NaO2. The van der Waals surface area contributed by atoms with Crippen LogP contribution >= 0.6 is 0 Å². The van der Waals surface area contributed by atoms with Gasteiger partial charge < -0.3 is 19.7 Å². The molecule has 0 radical (unpaired) electrons. The van der Waals surface area contributed by atoms with Crippen molar-refractivity contribution in [3.05, 3.63) is 46.7 Å². The van der Waals surface area contributed by atoms with Crippen molar-refractivity contribution in [1.82, 2.24) is 19.9 Å². The second-order valence-electron chi connectivity index (χ2n) is 5.49. The number of pyridine rings is 2. The molecule has 0 saturated heterocycles. The molecule has 3 aromatic rings. The molecule has 0 aliphatic carbocycles. The van der Waals surface area contributed by atoms with E-state index in [0.717, 1.165) is 22.6 Å². The van der Waals surface area contributed by atoms with E-state index in [1.807, 2.05) is 32.9 Å². The fourth-order valence-electron chi connectivity index (χ4n) is 2.55. The van der Waals surface area contributed by atoms with E-state index in [1.165, 1.54) is 0 Å². The van der Waals surface area contributed by atoms with Crippen molar-refractivity contribution in [2.45, 2.75) is 27.2 Å². The van der Waals surface area contributed by atoms with Crippen LogP contribution < -0.4 is 39.3 Å². The molecule has 0 atom stereocenters. The van der Waals surface area contributed by atoms with Crippen molar-refractivity contribution < 1.29 is 39.1 Å². The first-order chi connectivity index (χ1) is 11.0. The Bertz CT molecular complexity index is 905. The van der Waals surface area contributed by atoms with Gasteiger partial charge in [-0.25, -0.2) is 0 Å². The number of Topliss-reactive ketones (excluding diaryl/α,β-unsaturated/α-hetero) is 1. The minimum Gasteiger partial charge on any atom is -0.496 e. The second-order valence-corrected chi connectivity index (χ2v) is 5.49. The number of rotatable bonds is 4. The van der Waals surface area contributed by atoms with Gasteiger partial charge in [-0.15, -0.1) is 0 Å². The number of aromatic nitrogens is 4. The number of fused-ring (bicyclic) bond motifs is 1. The predicted molar refractivity (Wildman–Crippen MR) is 85.9 cm³/mol. The first kappa shape index (κ1) is 18.6. The normalized spacial score (nSPS) is 10.5. The standard InChI is InChI=1S/C17H18N4O2.Na/c1-9-8-18-13(11(3)15(9)23-4)7-14(22)17-20-12-6-5-10(2)19-16(12)21-17;/h5-6,8H,7H2,1-4H3,(H,19,20,21,22);/q;+1/p-1. The first-order valence-electron chi connectivity index (χ1n) is 7.30. The Morgan fingerprint density at radius 1 is 1.21 bits per heavy atom. The number of methoxy groups -OCH3 is 1. The molecule has 3 heterocycles. The van der Waals surface area contributed by atoms with E-state index in [9.17, 15) is 4.79 Å². The molecule has 0 aliphatic rings. The van der Waals surface area contributed by atoms with E-state index in [4.69, 9.17) is 4.74 Å². The average Bonchev–Trinajstić information content (AvgIpc) is 2.93. The quantitative estimate of drug-likeness (QED) is 0.466. The van der Waals surface area contributed by atoms with E-state index in [0.29, 0.717) is 16.9 Å². The minimum atomic E-state index is -0.179. The van der Waals surface area contributed by atoms with E-state index >= 15 is 0 Å². The van der Waals surface area contributed by atoms with E-state index < -0.39 is 0 Å². The van der Waals surface area contributed by atoms with Crippen LogP contribution in [0.1, 0.15) is 33.1 Å². The van der Waals surface area contributed by atoms with Crippen LogP contribution in [-0.4, -0.2) is 27.8 Å². The zero-order chi connectivity index (χ0) is 16.6. The van der Waals surface area contributed by atoms with E-state index in [-0.39, 0.29) is 47.6 Å². The Hall–Kier alpha value is -1.76. The van der Waals surface area contributed by atoms with Gasteiger partial charge in [-0.1, -0.05) is 12.1 Å². The van der Waals surface area contributed by atoms with Crippen LogP contribution in [0.15, 0.2) is 18.3 Å². The molecule has 118 valence electrons. The van der Waals surface area contributed by atoms with Crippen molar-refractivity contribution in [2.75, 3.05) is 7.11 Å². The number of nitrogens with zero attached hydrogens (tertiary/aromatic N) is 4. The molecule has 6 nitrogen and oxygen atoms in total. The molecule has 0 amide bonds. The number of carbonyl (C=O) groups is 1. The summed E-state index contributed by atoms with van der Waals surface area (Å²) in [5.41, 5.74) is 4.46. The molecule has 0 aromatic carbocycles. The molecule has 0 saturated carbocycles. The van der Waals surface area contributed by atoms with E-state index in [2.05, 4.69) is 19.9 Å². The van der Waals surface area contributed by atoms with Crippen molar-refractivity contribution in [3.63, 3.8) is 0 Å². The van der Waals surface area contributed by atoms with Crippen LogP contribution in [0.25, 0.3) is 11.2 Å². The summed E-state index contributed by atoms with van der Waals surface area (Å²) in [7, 11) is 1.61. The summed E-state index contributed by atoms with van der Waals surface area (Å²) in [4.78, 5) is 29.6. The van der Waals surface area contributed by atoms with Crippen molar-refractivity contribution in [3.8, 4) is 5.75 Å². The first-order valence-corrected chi connectivity index (χ1v) is 7.30. The summed E-state index contributed by atoms with van der Waals surface area (Å²) in [5, 5.41) is 0. The maximum atomic E-state index is 12.5. The van der Waals surface area contributed by atoms with Crippen LogP contribution in [0, 0.1) is 20.8 Å². The summed E-state index contributed by atoms with van der Waals surface area (Å²) in [6.07, 6.45) is 1.85. The Balaban J connectivity index is 0.00000208. The van der Waals surface area contributed by atoms with Gasteiger partial charge >= 0.3 is 29.6 Å². The minimum absolute atomic E-state index is 0. The summed E-state index contributed by atoms with van der Waals surface area (Å²) in [6, 6.07) is 3.67. The van der Waals surface area contributed by atoms with E-state index in [1.54, 1.807) is 13.3 Å². The van der Waals surface area contributed by atoms with Crippen LogP contribution in [0.2, 0.25) is 0 Å². The van der Waals surface area contributed by atoms with Gasteiger partial charge in [0, 0.05) is 28.5 Å². The molecule has 3 aromatic heterocycles. The molecule has 0 unspecified atom stereocenters. The maximum Gasteiger partial charge on any atom is 1.00 e. The third-order valence-corrected chi connectivity index (χ3v) is 3.76. The topological polar surface area (TPSA) is 79.1 Å². The smallest absolute Gasteiger partial charge is 0.496 e. The van der Waals surface area contributed by atoms with Gasteiger partial charge in [0.25, 0.3) is 0 Å². The third-order valence-electron chi connectivity index (χ3n) is 3.76. The molecule has 0 fully saturated rings. The van der Waals surface area contributed by atoms with Crippen molar-refractivity contribution in [1.29, 1.82) is 0 Å². The second kappa shape index (κ2) is 7.42. The predicted octanol–water partition coefficient (Wildman–Crippen LogP) is -0.655. The van der Waals surface area contributed by atoms with Gasteiger partial charge in [-0.3, -0.25) is 9.78 Å².